The van der Waals surface area contributed by atoms with Crippen LogP contribution in [-0.2, 0) is 0 Å². The van der Waals surface area contributed by atoms with E-state index < -0.39 is 5.72 Å². The molecular weight excluding hydrogens is 366 g/mol. The van der Waals surface area contributed by atoms with E-state index in [2.05, 4.69) is 30.3 Å². The molecule has 2 aromatic carbocycles. The van der Waals surface area contributed by atoms with Crippen molar-refractivity contribution in [2.75, 3.05) is 34.4 Å². The summed E-state index contributed by atoms with van der Waals surface area (Å²) >= 11 is 0. The second kappa shape index (κ2) is 6.95. The van der Waals surface area contributed by atoms with Gasteiger partial charge in [-0.3, -0.25) is 0 Å². The highest BCUT2D eigenvalue weighted by molar-refractivity contribution is 6.02. The monoisotopic (exact) mass is 394 g/mol. The minimum atomic E-state index is -0.410. The number of hydrazone groups is 1. The summed E-state index contributed by atoms with van der Waals surface area (Å²) in [4.78, 5) is 1.54. The first-order valence-corrected chi connectivity index (χ1v) is 10.3. The van der Waals surface area contributed by atoms with Crippen LogP contribution in [0.25, 0.3) is 0 Å². The molecule has 0 saturated carbocycles. The van der Waals surface area contributed by atoms with Crippen LogP contribution in [0.5, 0.6) is 17.2 Å². The fourth-order valence-corrected chi connectivity index (χ4v) is 4.81. The maximum absolute atomic E-state index is 6.73. The van der Waals surface area contributed by atoms with Gasteiger partial charge in [-0.1, -0.05) is 24.3 Å². The molecule has 0 amide bonds. The quantitative estimate of drug-likeness (QED) is 0.868. The Hall–Kier alpha value is -2.73. The molecule has 5 rings (SSSR count). The van der Waals surface area contributed by atoms with Crippen molar-refractivity contribution in [2.45, 2.75) is 31.0 Å². The summed E-state index contributed by atoms with van der Waals surface area (Å²) in [5.74, 6) is 2.55. The molecule has 1 fully saturated rings. The predicted molar refractivity (Wildman–Crippen MR) is 111 cm³/mol. The van der Waals surface area contributed by atoms with Gasteiger partial charge in [0.2, 0.25) is 5.72 Å². The second-order valence-electron chi connectivity index (χ2n) is 8.23. The van der Waals surface area contributed by atoms with E-state index in [1.54, 1.807) is 14.2 Å². The van der Waals surface area contributed by atoms with Gasteiger partial charge < -0.3 is 19.1 Å². The zero-order chi connectivity index (χ0) is 20.0. The molecule has 152 valence electrons. The number of rotatable bonds is 3. The van der Waals surface area contributed by atoms with Gasteiger partial charge in [0.05, 0.1) is 59.0 Å². The predicted octanol–water partition coefficient (Wildman–Crippen LogP) is 2.25. The first-order chi connectivity index (χ1) is 14.1. The van der Waals surface area contributed by atoms with Crippen molar-refractivity contribution in [2.24, 2.45) is 5.10 Å². The number of piperidine rings is 1. The van der Waals surface area contributed by atoms with Crippen molar-refractivity contribution in [3.05, 3.63) is 53.6 Å². The van der Waals surface area contributed by atoms with Gasteiger partial charge in [-0.05, 0) is 18.2 Å². The summed E-state index contributed by atoms with van der Waals surface area (Å²) in [7, 11) is 5.66. The lowest BCUT2D eigenvalue weighted by atomic mass is 9.90. The fraction of sp³-hybridized carbons (Fsp3) is 0.435. The molecular formula is C23H28N3O3+. The minimum absolute atomic E-state index is 0.161. The maximum atomic E-state index is 6.73. The Balaban J connectivity index is 1.59. The second-order valence-corrected chi connectivity index (χ2v) is 8.23. The van der Waals surface area contributed by atoms with E-state index in [1.165, 1.54) is 4.90 Å². The van der Waals surface area contributed by atoms with Gasteiger partial charge in [0.25, 0.3) is 0 Å². The minimum Gasteiger partial charge on any atom is -0.497 e. The molecule has 3 aliphatic rings. The summed E-state index contributed by atoms with van der Waals surface area (Å²) in [6.45, 7) is 2.13. The van der Waals surface area contributed by atoms with Crippen LogP contribution in [0.1, 0.15) is 36.4 Å². The third-order valence-corrected chi connectivity index (χ3v) is 6.50. The molecule has 1 N–H and O–H groups in total. The molecule has 1 atom stereocenters. The molecule has 0 aliphatic carbocycles. The Labute approximate surface area is 171 Å². The van der Waals surface area contributed by atoms with Gasteiger partial charge in [0.1, 0.15) is 5.75 Å². The number of benzene rings is 2. The molecule has 0 unspecified atom stereocenters. The van der Waals surface area contributed by atoms with E-state index in [0.29, 0.717) is 0 Å². The summed E-state index contributed by atoms with van der Waals surface area (Å²) in [6, 6.07) is 14.5. The molecule has 3 heterocycles. The highest BCUT2D eigenvalue weighted by atomic mass is 16.5. The number of likely N-dealkylation sites (tertiary alicyclic amines) is 1. The van der Waals surface area contributed by atoms with Crippen molar-refractivity contribution in [1.29, 1.82) is 0 Å². The average molecular weight is 394 g/mol. The number of nitrogens with one attached hydrogen (secondary N) is 1. The molecule has 0 aromatic heterocycles. The number of hydrogen-bond donors (Lipinski definition) is 1. The number of fused-ring (bicyclic) bond motifs is 4. The summed E-state index contributed by atoms with van der Waals surface area (Å²) in [5.41, 5.74) is 2.94. The van der Waals surface area contributed by atoms with Crippen LogP contribution in [0.15, 0.2) is 47.6 Å². The van der Waals surface area contributed by atoms with E-state index in [-0.39, 0.29) is 6.04 Å². The zero-order valence-corrected chi connectivity index (χ0v) is 17.3. The van der Waals surface area contributed by atoms with Gasteiger partial charge >= 0.3 is 0 Å². The van der Waals surface area contributed by atoms with Gasteiger partial charge in [-0.2, -0.15) is 5.10 Å². The number of quaternary nitrogens is 1. The number of methoxy groups -OCH3 is 2. The normalized spacial score (nSPS) is 27.7. The number of hydrogen-bond acceptors (Lipinski definition) is 5. The largest absolute Gasteiger partial charge is 0.497 e. The Morgan fingerprint density at radius 2 is 1.90 bits per heavy atom. The van der Waals surface area contributed by atoms with E-state index >= 15 is 0 Å². The van der Waals surface area contributed by atoms with Crippen molar-refractivity contribution in [3.63, 3.8) is 0 Å². The zero-order valence-electron chi connectivity index (χ0n) is 17.3. The van der Waals surface area contributed by atoms with E-state index in [0.717, 1.165) is 66.4 Å². The Kier molecular flexibility index (Phi) is 4.39. The maximum Gasteiger partial charge on any atom is 0.209 e. The Morgan fingerprint density at radius 3 is 2.66 bits per heavy atom. The van der Waals surface area contributed by atoms with Crippen LogP contribution < -0.4 is 19.1 Å². The van der Waals surface area contributed by atoms with Crippen LogP contribution in [0, 0.1) is 0 Å². The van der Waals surface area contributed by atoms with E-state index in [4.69, 9.17) is 19.3 Å². The molecule has 0 radical (unpaired) electrons. The van der Waals surface area contributed by atoms with Crippen LogP contribution in [-0.4, -0.2) is 50.8 Å². The lowest BCUT2D eigenvalue weighted by molar-refractivity contribution is -0.888. The lowest BCUT2D eigenvalue weighted by Gasteiger charge is -2.49. The highest BCUT2D eigenvalue weighted by Crippen LogP contribution is 2.52. The summed E-state index contributed by atoms with van der Waals surface area (Å²) in [6.07, 6.45) is 2.74. The fourth-order valence-electron chi connectivity index (χ4n) is 4.81. The summed E-state index contributed by atoms with van der Waals surface area (Å²) in [5, 5.41) is 7.38. The third kappa shape index (κ3) is 2.94. The smallest absolute Gasteiger partial charge is 0.209 e. The standard InChI is InChI=1S/C23H27N3O3/c1-25-12-10-23(11-13-25)26-20(18-8-5-9-21(28-3)22(18)29-23)15-19(24-26)16-6-4-7-17(14-16)27-2/h4-9,14,20H,10-13,15H2,1-3H3/p+1/t20-/m0/s1. The third-order valence-electron chi connectivity index (χ3n) is 6.50. The molecule has 1 saturated heterocycles. The Bertz CT molecular complexity index is 950. The molecule has 29 heavy (non-hydrogen) atoms. The van der Waals surface area contributed by atoms with Crippen LogP contribution in [0.4, 0.5) is 0 Å². The SMILES string of the molecule is COc1cccc(C2=NN3[C@@H](C2)c2cccc(OC)c2OC32CC[NH+](C)CC2)c1. The van der Waals surface area contributed by atoms with Crippen molar-refractivity contribution < 1.29 is 19.1 Å². The van der Waals surface area contributed by atoms with Crippen LogP contribution in [0.2, 0.25) is 0 Å². The molecule has 6 nitrogen and oxygen atoms in total. The van der Waals surface area contributed by atoms with Gasteiger partial charge in [0, 0.05) is 17.5 Å². The van der Waals surface area contributed by atoms with Gasteiger partial charge in [-0.15, -0.1) is 0 Å². The Morgan fingerprint density at radius 1 is 1.10 bits per heavy atom. The van der Waals surface area contributed by atoms with Gasteiger partial charge in [-0.25, -0.2) is 5.01 Å². The van der Waals surface area contributed by atoms with E-state index in [1.807, 2.05) is 24.3 Å². The van der Waals surface area contributed by atoms with Crippen LogP contribution in [0.3, 0.4) is 0 Å². The number of nitrogens with zero attached hydrogens (tertiary/aromatic N) is 2. The van der Waals surface area contributed by atoms with Crippen LogP contribution >= 0.6 is 0 Å². The summed E-state index contributed by atoms with van der Waals surface area (Å²) < 4.78 is 17.8. The average Bonchev–Trinajstić information content (AvgIpc) is 3.22. The molecule has 0 bridgehead atoms. The topological polar surface area (TPSA) is 47.7 Å². The number of para-hydroxylation sites is 1. The first-order valence-electron chi connectivity index (χ1n) is 10.3. The molecule has 1 spiro atoms. The molecule has 3 aliphatic heterocycles. The van der Waals surface area contributed by atoms with Crippen molar-refractivity contribution in [3.8, 4) is 17.2 Å². The highest BCUT2D eigenvalue weighted by Gasteiger charge is 2.53. The molecule has 6 heteroatoms. The van der Waals surface area contributed by atoms with E-state index in [9.17, 15) is 0 Å². The molecule has 2 aromatic rings. The van der Waals surface area contributed by atoms with Crippen molar-refractivity contribution in [1.82, 2.24) is 5.01 Å². The lowest BCUT2D eigenvalue weighted by Crippen LogP contribution is -3.11. The van der Waals surface area contributed by atoms with Gasteiger partial charge in [0.15, 0.2) is 11.5 Å². The van der Waals surface area contributed by atoms with Crippen molar-refractivity contribution >= 4 is 5.71 Å². The first kappa shape index (κ1) is 18.3. The number of ether oxygens (including phenoxy) is 3.